The molecule has 5 heteroatoms. The third-order valence-corrected chi connectivity index (χ3v) is 3.73. The molecule has 2 nitrogen and oxygen atoms in total. The minimum atomic E-state index is -2.17. The van der Waals surface area contributed by atoms with Crippen LogP contribution in [-0.4, -0.2) is 53.6 Å². The van der Waals surface area contributed by atoms with Crippen LogP contribution in [0, 0.1) is 0 Å². The maximum atomic E-state index is 12.1. The summed E-state index contributed by atoms with van der Waals surface area (Å²) in [5, 5.41) is 0. The highest BCUT2D eigenvalue weighted by Gasteiger charge is 2.45. The van der Waals surface area contributed by atoms with Gasteiger partial charge < -0.3 is 0 Å². The number of alkyl halides is 2. The SMILES string of the molecule is CSN1CC2CC(C1)N2CC(F)F. The number of piperidine rings is 1. The normalized spacial score (nSPS) is 35.1. The highest BCUT2D eigenvalue weighted by molar-refractivity contribution is 7.96. The average molecular weight is 208 g/mol. The van der Waals surface area contributed by atoms with Gasteiger partial charge in [0.1, 0.15) is 0 Å². The van der Waals surface area contributed by atoms with Crippen LogP contribution in [-0.2, 0) is 0 Å². The molecule has 3 fully saturated rings. The highest BCUT2D eigenvalue weighted by Crippen LogP contribution is 2.34. The van der Waals surface area contributed by atoms with Gasteiger partial charge in [-0.05, 0) is 12.7 Å². The Balaban J connectivity index is 1.85. The minimum Gasteiger partial charge on any atom is -0.289 e. The van der Waals surface area contributed by atoms with E-state index in [9.17, 15) is 8.78 Å². The molecule has 76 valence electrons. The van der Waals surface area contributed by atoms with Crippen molar-refractivity contribution in [2.75, 3.05) is 25.9 Å². The Morgan fingerprint density at radius 2 is 2.00 bits per heavy atom. The molecule has 2 bridgehead atoms. The molecule has 2 unspecified atom stereocenters. The van der Waals surface area contributed by atoms with Gasteiger partial charge in [-0.2, -0.15) is 0 Å². The van der Waals surface area contributed by atoms with Crippen LogP contribution in [0.3, 0.4) is 0 Å². The second kappa shape index (κ2) is 3.71. The quantitative estimate of drug-likeness (QED) is 0.645. The fourth-order valence-corrected chi connectivity index (χ4v) is 2.90. The van der Waals surface area contributed by atoms with Gasteiger partial charge in [-0.15, -0.1) is 0 Å². The lowest BCUT2D eigenvalue weighted by molar-refractivity contribution is -0.0708. The summed E-state index contributed by atoms with van der Waals surface area (Å²) in [6.07, 6.45) is 0.984. The summed E-state index contributed by atoms with van der Waals surface area (Å²) in [5.41, 5.74) is 0. The van der Waals surface area contributed by atoms with E-state index in [4.69, 9.17) is 0 Å². The second-order valence-electron chi connectivity index (χ2n) is 3.66. The first-order chi connectivity index (χ1) is 6.20. The van der Waals surface area contributed by atoms with Crippen molar-refractivity contribution in [3.8, 4) is 0 Å². The molecule has 13 heavy (non-hydrogen) atoms. The molecule has 0 aromatic rings. The van der Waals surface area contributed by atoms with E-state index in [1.165, 1.54) is 0 Å². The fraction of sp³-hybridized carbons (Fsp3) is 1.00. The molecule has 0 spiro atoms. The maximum Gasteiger partial charge on any atom is 0.251 e. The molecule has 0 aromatic heterocycles. The van der Waals surface area contributed by atoms with Crippen molar-refractivity contribution in [3.05, 3.63) is 0 Å². The number of piperazine rings is 1. The molecular formula is C8H14F2N2S. The van der Waals surface area contributed by atoms with E-state index in [1.54, 1.807) is 11.9 Å². The summed E-state index contributed by atoms with van der Waals surface area (Å²) < 4.78 is 26.5. The Bertz CT molecular complexity index is 179. The number of hydrogen-bond donors (Lipinski definition) is 0. The molecule has 3 aliphatic heterocycles. The Hall–Kier alpha value is 0.130. The molecule has 0 saturated carbocycles. The molecule has 3 rings (SSSR count). The van der Waals surface area contributed by atoms with Crippen LogP contribution in [0.15, 0.2) is 0 Å². The number of halogens is 2. The summed E-state index contributed by atoms with van der Waals surface area (Å²) >= 11 is 1.72. The predicted molar refractivity (Wildman–Crippen MR) is 50.0 cm³/mol. The van der Waals surface area contributed by atoms with Crippen molar-refractivity contribution in [3.63, 3.8) is 0 Å². The summed E-state index contributed by atoms with van der Waals surface area (Å²) in [4.78, 5) is 1.96. The zero-order valence-corrected chi connectivity index (χ0v) is 8.44. The first-order valence-electron chi connectivity index (χ1n) is 4.53. The summed E-state index contributed by atoms with van der Waals surface area (Å²) in [6, 6.07) is 0.778. The van der Waals surface area contributed by atoms with Crippen LogP contribution in [0.25, 0.3) is 0 Å². The van der Waals surface area contributed by atoms with Crippen LogP contribution in [0.2, 0.25) is 0 Å². The molecule has 3 aliphatic rings. The first kappa shape index (κ1) is 9.68. The zero-order valence-electron chi connectivity index (χ0n) is 7.62. The van der Waals surface area contributed by atoms with Crippen LogP contribution >= 0.6 is 11.9 Å². The summed E-state index contributed by atoms with van der Waals surface area (Å²) in [7, 11) is 0. The van der Waals surface area contributed by atoms with E-state index in [2.05, 4.69) is 4.31 Å². The van der Waals surface area contributed by atoms with Gasteiger partial charge in [0.15, 0.2) is 0 Å². The van der Waals surface area contributed by atoms with Gasteiger partial charge in [-0.1, -0.05) is 11.9 Å². The first-order valence-corrected chi connectivity index (χ1v) is 5.72. The van der Waals surface area contributed by atoms with Crippen molar-refractivity contribution in [1.29, 1.82) is 0 Å². The molecule has 3 saturated heterocycles. The van der Waals surface area contributed by atoms with Gasteiger partial charge in [-0.3, -0.25) is 4.90 Å². The van der Waals surface area contributed by atoms with Crippen LogP contribution in [0.1, 0.15) is 6.42 Å². The van der Waals surface area contributed by atoms with Crippen molar-refractivity contribution in [2.45, 2.75) is 24.9 Å². The van der Waals surface area contributed by atoms with E-state index in [-0.39, 0.29) is 6.54 Å². The van der Waals surface area contributed by atoms with Crippen molar-refractivity contribution >= 4 is 11.9 Å². The minimum absolute atomic E-state index is 0.0302. The van der Waals surface area contributed by atoms with Gasteiger partial charge in [0.2, 0.25) is 0 Å². The van der Waals surface area contributed by atoms with Crippen LogP contribution < -0.4 is 0 Å². The number of hydrogen-bond acceptors (Lipinski definition) is 3. The number of rotatable bonds is 3. The smallest absolute Gasteiger partial charge is 0.251 e. The molecule has 0 aliphatic carbocycles. The monoisotopic (exact) mass is 208 g/mol. The number of nitrogens with zero attached hydrogens (tertiary/aromatic N) is 2. The maximum absolute atomic E-state index is 12.1. The van der Waals surface area contributed by atoms with E-state index < -0.39 is 6.43 Å². The Morgan fingerprint density at radius 3 is 2.46 bits per heavy atom. The molecule has 2 atom stereocenters. The van der Waals surface area contributed by atoms with Crippen molar-refractivity contribution < 1.29 is 8.78 Å². The standard InChI is InChI=1S/C8H14F2N2S/c1-13-11-3-6-2-7(4-11)12(6)5-8(9)10/h6-8H,2-5H2,1H3. The summed E-state index contributed by atoms with van der Waals surface area (Å²) in [6.45, 7) is 1.87. The zero-order chi connectivity index (χ0) is 9.42. The molecule has 3 heterocycles. The molecule has 0 radical (unpaired) electrons. The molecule has 0 aromatic carbocycles. The summed E-state index contributed by atoms with van der Waals surface area (Å²) in [5.74, 6) is 0. The Morgan fingerprint density at radius 1 is 1.38 bits per heavy atom. The van der Waals surface area contributed by atoms with Gasteiger partial charge in [0.05, 0.1) is 6.54 Å². The highest BCUT2D eigenvalue weighted by atomic mass is 32.2. The van der Waals surface area contributed by atoms with Crippen molar-refractivity contribution in [2.24, 2.45) is 0 Å². The largest absolute Gasteiger partial charge is 0.289 e. The van der Waals surface area contributed by atoms with Gasteiger partial charge in [0.25, 0.3) is 6.43 Å². The topological polar surface area (TPSA) is 6.48 Å². The van der Waals surface area contributed by atoms with Crippen LogP contribution in [0.5, 0.6) is 0 Å². The fourth-order valence-electron chi connectivity index (χ4n) is 2.26. The molecule has 0 N–H and O–H groups in total. The van der Waals surface area contributed by atoms with E-state index in [0.29, 0.717) is 12.1 Å². The van der Waals surface area contributed by atoms with Gasteiger partial charge in [-0.25, -0.2) is 13.1 Å². The second-order valence-corrected chi connectivity index (χ2v) is 4.54. The van der Waals surface area contributed by atoms with Gasteiger partial charge in [0, 0.05) is 25.2 Å². The van der Waals surface area contributed by atoms with Gasteiger partial charge >= 0.3 is 0 Å². The lowest BCUT2D eigenvalue weighted by atomic mass is 9.89. The molecule has 0 amide bonds. The third-order valence-electron chi connectivity index (χ3n) is 2.92. The van der Waals surface area contributed by atoms with E-state index in [1.807, 2.05) is 11.2 Å². The lowest BCUT2D eigenvalue weighted by Gasteiger charge is -2.55. The Labute approximate surface area is 81.4 Å². The lowest BCUT2D eigenvalue weighted by Crippen LogP contribution is -2.68. The Kier molecular flexibility index (Phi) is 2.76. The third kappa shape index (κ3) is 1.82. The van der Waals surface area contributed by atoms with Crippen LogP contribution in [0.4, 0.5) is 8.78 Å². The number of fused-ring (bicyclic) bond motifs is 2. The predicted octanol–water partition coefficient (Wildman–Crippen LogP) is 1.29. The van der Waals surface area contributed by atoms with E-state index in [0.717, 1.165) is 19.5 Å². The molecular weight excluding hydrogens is 194 g/mol. The van der Waals surface area contributed by atoms with E-state index >= 15 is 0 Å². The average Bonchev–Trinajstić information content (AvgIpc) is 2.14. The van der Waals surface area contributed by atoms with Crippen molar-refractivity contribution in [1.82, 2.24) is 9.21 Å².